The van der Waals surface area contributed by atoms with E-state index in [2.05, 4.69) is 60.2 Å². The molecule has 2 aliphatic rings. The summed E-state index contributed by atoms with van der Waals surface area (Å²) in [6, 6.07) is 10.5. The Kier molecular flexibility index (Phi) is 7.77. The largest absolute Gasteiger partial charge is 0.349 e. The zero-order valence-corrected chi connectivity index (χ0v) is 23.6. The van der Waals surface area contributed by atoms with Gasteiger partial charge in [0.2, 0.25) is 0 Å². The van der Waals surface area contributed by atoms with Gasteiger partial charge in [0.1, 0.15) is 11.6 Å². The van der Waals surface area contributed by atoms with E-state index >= 15 is 0 Å². The normalized spacial score (nSPS) is 17.9. The highest BCUT2D eigenvalue weighted by Crippen LogP contribution is 2.41. The number of rotatable bonds is 10. The Labute approximate surface area is 234 Å². The second kappa shape index (κ2) is 11.6. The Hall–Kier alpha value is -3.07. The van der Waals surface area contributed by atoms with Gasteiger partial charge in [-0.15, -0.1) is 11.3 Å². The molecule has 0 atom stereocenters. The van der Waals surface area contributed by atoms with Crippen LogP contribution in [0.2, 0.25) is 0 Å². The molecule has 6 rings (SSSR count). The maximum atomic E-state index is 13.5. The quantitative estimate of drug-likeness (QED) is 0.267. The number of piperidine rings is 1. The number of benzene rings is 1. The Balaban J connectivity index is 1.03. The Bertz CT molecular complexity index is 1300. The number of aromatic amines is 2. The highest BCUT2D eigenvalue weighted by atomic mass is 32.1. The molecule has 8 heteroatoms. The second-order valence-corrected chi connectivity index (χ2v) is 12.5. The average molecular weight is 543 g/mol. The number of imidazole rings is 2. The van der Waals surface area contributed by atoms with Gasteiger partial charge in [0.25, 0.3) is 0 Å². The minimum atomic E-state index is -0.221. The highest BCUT2D eigenvalue weighted by Gasteiger charge is 2.40. The molecule has 3 aromatic heterocycles. The van der Waals surface area contributed by atoms with E-state index in [4.69, 9.17) is 0 Å². The van der Waals surface area contributed by atoms with E-state index in [1.54, 1.807) is 24.8 Å². The van der Waals surface area contributed by atoms with E-state index in [1.165, 1.54) is 61.4 Å². The molecule has 0 bridgehead atoms. The molecule has 2 saturated heterocycles. The summed E-state index contributed by atoms with van der Waals surface area (Å²) in [7, 11) is 0. The monoisotopic (exact) mass is 542 g/mol. The van der Waals surface area contributed by atoms with Gasteiger partial charge >= 0.3 is 0 Å². The Morgan fingerprint density at radius 3 is 2.13 bits per heavy atom. The standard InChI is InChI=1S/C31H38N6OS/c1-23-6-17-39-27(23)21-36-14-7-31(8-15-36)9-16-37(22-31)20-24-2-4-25(5-3-24)30(38)26(18-28-32-10-11-33-28)19-29-34-12-13-35-29/h2-6,10-13,17,26H,7-9,14-16,18-22H2,1H3,(H,32,33)(H,34,35). The van der Waals surface area contributed by atoms with Crippen molar-refractivity contribution < 1.29 is 4.79 Å². The van der Waals surface area contributed by atoms with Crippen molar-refractivity contribution in [3.05, 3.63) is 93.7 Å². The third kappa shape index (κ3) is 6.24. The first kappa shape index (κ1) is 26.2. The van der Waals surface area contributed by atoms with Crippen molar-refractivity contribution in [2.24, 2.45) is 11.3 Å². The molecule has 204 valence electrons. The lowest BCUT2D eigenvalue weighted by molar-refractivity contribution is 0.0915. The van der Waals surface area contributed by atoms with Gasteiger partial charge in [-0.05, 0) is 73.8 Å². The fraction of sp³-hybridized carbons (Fsp3) is 0.452. The molecule has 5 heterocycles. The van der Waals surface area contributed by atoms with Crippen molar-refractivity contribution in [2.45, 2.75) is 52.1 Å². The van der Waals surface area contributed by atoms with Crippen LogP contribution in [-0.2, 0) is 25.9 Å². The first-order valence-electron chi connectivity index (χ1n) is 14.1. The predicted molar refractivity (Wildman–Crippen MR) is 155 cm³/mol. The van der Waals surface area contributed by atoms with Gasteiger partial charge in [-0.1, -0.05) is 24.3 Å². The minimum absolute atomic E-state index is 0.138. The number of H-pyrrole nitrogens is 2. The molecule has 0 radical (unpaired) electrons. The number of hydrogen-bond acceptors (Lipinski definition) is 6. The number of carbonyl (C=O) groups is 1. The molecule has 0 saturated carbocycles. The van der Waals surface area contributed by atoms with Gasteiger partial charge in [-0.2, -0.15) is 0 Å². The molecule has 0 amide bonds. The fourth-order valence-electron chi connectivity index (χ4n) is 6.34. The van der Waals surface area contributed by atoms with Gasteiger partial charge in [0.15, 0.2) is 5.78 Å². The van der Waals surface area contributed by atoms with E-state index in [9.17, 15) is 4.79 Å². The van der Waals surface area contributed by atoms with Crippen LogP contribution in [0.3, 0.4) is 0 Å². The first-order chi connectivity index (χ1) is 19.1. The van der Waals surface area contributed by atoms with Crippen LogP contribution in [0.25, 0.3) is 0 Å². The Morgan fingerprint density at radius 1 is 0.923 bits per heavy atom. The molecule has 2 N–H and O–H groups in total. The van der Waals surface area contributed by atoms with Gasteiger partial charge < -0.3 is 9.97 Å². The lowest BCUT2D eigenvalue weighted by atomic mass is 9.78. The van der Waals surface area contributed by atoms with Crippen molar-refractivity contribution in [1.82, 2.24) is 29.7 Å². The van der Waals surface area contributed by atoms with Gasteiger partial charge in [-0.25, -0.2) is 9.97 Å². The summed E-state index contributed by atoms with van der Waals surface area (Å²) in [5.74, 6) is 1.57. The summed E-state index contributed by atoms with van der Waals surface area (Å²) in [5, 5.41) is 2.22. The van der Waals surface area contributed by atoms with E-state index in [0.717, 1.165) is 30.3 Å². The van der Waals surface area contributed by atoms with Crippen molar-refractivity contribution >= 4 is 17.1 Å². The van der Waals surface area contributed by atoms with Crippen molar-refractivity contribution in [2.75, 3.05) is 26.2 Å². The fourth-order valence-corrected chi connectivity index (χ4v) is 7.28. The van der Waals surface area contributed by atoms with Crippen LogP contribution in [0, 0.1) is 18.3 Å². The van der Waals surface area contributed by atoms with Gasteiger partial charge in [-0.3, -0.25) is 14.6 Å². The third-order valence-corrected chi connectivity index (χ3v) is 9.78. The minimum Gasteiger partial charge on any atom is -0.349 e. The number of ketones is 1. The maximum absolute atomic E-state index is 13.5. The number of nitrogens with one attached hydrogen (secondary N) is 2. The number of likely N-dealkylation sites (tertiary alicyclic amines) is 2. The molecular formula is C31H38N6OS. The molecule has 7 nitrogen and oxygen atoms in total. The lowest BCUT2D eigenvalue weighted by Gasteiger charge is -2.39. The zero-order chi connectivity index (χ0) is 26.7. The van der Waals surface area contributed by atoms with E-state index in [0.29, 0.717) is 18.3 Å². The lowest BCUT2D eigenvalue weighted by Crippen LogP contribution is -2.41. The van der Waals surface area contributed by atoms with Crippen LogP contribution >= 0.6 is 11.3 Å². The number of thiophene rings is 1. The van der Waals surface area contributed by atoms with Crippen LogP contribution in [0.5, 0.6) is 0 Å². The van der Waals surface area contributed by atoms with E-state index < -0.39 is 0 Å². The summed E-state index contributed by atoms with van der Waals surface area (Å²) >= 11 is 1.89. The van der Waals surface area contributed by atoms with E-state index in [1.807, 2.05) is 23.5 Å². The summed E-state index contributed by atoms with van der Waals surface area (Å²) in [4.78, 5) is 35.3. The number of aromatic nitrogens is 4. The van der Waals surface area contributed by atoms with Crippen LogP contribution in [0.4, 0.5) is 0 Å². The maximum Gasteiger partial charge on any atom is 0.166 e. The molecular weight excluding hydrogens is 504 g/mol. The molecule has 39 heavy (non-hydrogen) atoms. The molecule has 0 unspecified atom stereocenters. The number of Topliss-reactive ketones (excluding diaryl/α,β-unsaturated/α-hetero) is 1. The first-order valence-corrected chi connectivity index (χ1v) is 15.0. The molecule has 1 spiro atoms. The van der Waals surface area contributed by atoms with E-state index in [-0.39, 0.29) is 11.7 Å². The molecule has 4 aromatic rings. The molecule has 2 aliphatic heterocycles. The van der Waals surface area contributed by atoms with Crippen LogP contribution in [0.15, 0.2) is 60.5 Å². The summed E-state index contributed by atoms with van der Waals surface area (Å²) in [6.07, 6.45) is 12.1. The molecule has 0 aliphatic carbocycles. The molecule has 1 aromatic carbocycles. The number of carbonyl (C=O) groups excluding carboxylic acids is 1. The summed E-state index contributed by atoms with van der Waals surface area (Å²) in [6.45, 7) is 9.06. The second-order valence-electron chi connectivity index (χ2n) is 11.5. The smallest absolute Gasteiger partial charge is 0.166 e. The van der Waals surface area contributed by atoms with Gasteiger partial charge in [0.05, 0.1) is 0 Å². The molecule has 2 fully saturated rings. The number of aryl methyl sites for hydroxylation is 1. The zero-order valence-electron chi connectivity index (χ0n) is 22.7. The van der Waals surface area contributed by atoms with Crippen molar-refractivity contribution in [3.63, 3.8) is 0 Å². The van der Waals surface area contributed by atoms with Gasteiger partial charge in [0, 0.05) is 73.6 Å². The van der Waals surface area contributed by atoms with Crippen LogP contribution in [-0.4, -0.2) is 61.7 Å². The van der Waals surface area contributed by atoms with Crippen molar-refractivity contribution in [3.8, 4) is 0 Å². The summed E-state index contributed by atoms with van der Waals surface area (Å²) in [5.41, 5.74) is 3.95. The topological polar surface area (TPSA) is 80.9 Å². The number of hydrogen-bond donors (Lipinski definition) is 2. The van der Waals surface area contributed by atoms with Crippen LogP contribution < -0.4 is 0 Å². The highest BCUT2D eigenvalue weighted by molar-refractivity contribution is 7.10. The van der Waals surface area contributed by atoms with Crippen LogP contribution in [0.1, 0.15) is 57.3 Å². The Morgan fingerprint density at radius 2 is 1.56 bits per heavy atom. The number of nitrogens with zero attached hydrogens (tertiary/aromatic N) is 4. The summed E-state index contributed by atoms with van der Waals surface area (Å²) < 4.78 is 0. The SMILES string of the molecule is Cc1ccsc1CN1CCC2(CC1)CCN(Cc1ccc(C(=O)C(Cc3ncc[nH]3)Cc3ncc[nH]3)cc1)C2. The predicted octanol–water partition coefficient (Wildman–Crippen LogP) is 5.28. The van der Waals surface area contributed by atoms with Crippen molar-refractivity contribution in [1.29, 1.82) is 0 Å². The average Bonchev–Trinajstić information content (AvgIpc) is 3.77. The third-order valence-electron chi connectivity index (χ3n) is 8.77.